The van der Waals surface area contributed by atoms with Crippen molar-refractivity contribution in [3.05, 3.63) is 264 Å². The fourth-order valence-corrected chi connectivity index (χ4v) is 13.2. The van der Waals surface area contributed by atoms with Crippen LogP contribution in [0.15, 0.2) is 213 Å². The summed E-state index contributed by atoms with van der Waals surface area (Å²) in [6, 6.07) is 57.1. The van der Waals surface area contributed by atoms with E-state index in [1.54, 1.807) is 120 Å². The zero-order valence-electron chi connectivity index (χ0n) is 76.3. The van der Waals surface area contributed by atoms with Crippen LogP contribution in [0.1, 0.15) is 107 Å². The van der Waals surface area contributed by atoms with Crippen molar-refractivity contribution < 1.29 is 95.3 Å². The molecule has 44 heteroatoms. The summed E-state index contributed by atoms with van der Waals surface area (Å²) in [5.41, 5.74) is 25.5. The number of aryl methyl sites for hydroxylation is 4. The predicted octanol–water partition coefficient (Wildman–Crippen LogP) is 16.0. The molecule has 1 amide bonds. The number of carboxylic acids is 1. The average molecular weight is 1910 g/mol. The first kappa shape index (κ1) is 101. The standard InChI is InChI=1S/C20H21N5O4.C18H16N4O3.C16H12N4O3.C11H13N3O2.C10H12N2O4.C10H14N2O2.C9H8ClNO4/c1-25-16-7-6-13(18(27)21-8-10-28-11-9-26)12-15(16)22-19(25)24-20-23-14-4-2-3-5-17(14)29-20;1-3-24-16(23)11-8-9-14-13(10-11)19-17(22(14)2)21-18-20-12-6-4-5-7-15(12)25-18;1-20-12-7-6-9(14(21)22)8-11(12)17-15(20)19-16-18-10-4-2-3-5-13(10)23-16;1-3-16-10(15)7-4-5-9-8(6-7)13-11(12)14(9)2;1-3-16-10(13)7-4-5-8(11-2)9(6-7)12(14)15;1-3-14-10(13)7-4-5-9(12-2)8(11)6-7;1-2-15-9(12)6-3-4-7(10)8(5-6)11(13)14/h2-7,12,26H,8-11H2,1H3,(H,21,27)(H,22,23,24);4-10H,3H2,1-2H3,(H,19,20,21);2-8H,1H3,(H,21,22)(H,17,18,19);4-6H,3H2,1-2H3,(H2,12,13);4-6,11H,3H2,1-2H3;4-6,12H,3,11H2,1-2H3;3-5H,2H2,1H3. The summed E-state index contributed by atoms with van der Waals surface area (Å²) in [6.07, 6.45) is 0. The summed E-state index contributed by atoms with van der Waals surface area (Å²) < 4.78 is 53.7. The Kier molecular flexibility index (Phi) is 34.9. The van der Waals surface area contributed by atoms with Crippen LogP contribution in [0.2, 0.25) is 5.02 Å². The van der Waals surface area contributed by atoms with Gasteiger partial charge in [0.2, 0.25) is 23.8 Å². The number of anilines is 10. The minimum absolute atomic E-state index is 0.00644. The number of imidazole rings is 4. The largest absolute Gasteiger partial charge is 0.478 e. The molecular formula is C94H96ClN21O22. The number of aliphatic hydroxyl groups is 1. The topological polar surface area (TPSA) is 575 Å². The van der Waals surface area contributed by atoms with Gasteiger partial charge < -0.3 is 97.6 Å². The van der Waals surface area contributed by atoms with Crippen molar-refractivity contribution in [3.63, 3.8) is 0 Å². The zero-order chi connectivity index (χ0) is 99.4. The average Bonchev–Trinajstić information content (AvgIpc) is 1.64. The van der Waals surface area contributed by atoms with Crippen molar-refractivity contribution in [3.8, 4) is 0 Å². The second kappa shape index (κ2) is 47.7. The first-order valence-corrected chi connectivity index (χ1v) is 42.8. The van der Waals surface area contributed by atoms with Crippen LogP contribution in [-0.2, 0) is 56.6 Å². The lowest BCUT2D eigenvalue weighted by atomic mass is 10.1. The van der Waals surface area contributed by atoms with E-state index in [-0.39, 0.29) is 83.3 Å². The van der Waals surface area contributed by atoms with Crippen molar-refractivity contribution in [2.24, 2.45) is 28.2 Å². The number of carboxylic acid groups (broad SMARTS) is 1. The van der Waals surface area contributed by atoms with Crippen molar-refractivity contribution >= 4 is 201 Å². The lowest BCUT2D eigenvalue weighted by molar-refractivity contribution is -0.384. The summed E-state index contributed by atoms with van der Waals surface area (Å²) in [4.78, 5) is 131. The third-order valence-electron chi connectivity index (χ3n) is 19.9. The highest BCUT2D eigenvalue weighted by atomic mass is 35.5. The normalized spacial score (nSPS) is 10.6. The summed E-state index contributed by atoms with van der Waals surface area (Å²) >= 11 is 5.58. The number of carbonyl (C=O) groups is 7. The number of esters is 5. The van der Waals surface area contributed by atoms with Gasteiger partial charge in [0.05, 0.1) is 152 Å². The fourth-order valence-electron chi connectivity index (χ4n) is 13.0. The van der Waals surface area contributed by atoms with E-state index < -0.39 is 27.8 Å². The van der Waals surface area contributed by atoms with E-state index in [1.165, 1.54) is 36.4 Å². The molecule has 0 aliphatic heterocycles. The summed E-state index contributed by atoms with van der Waals surface area (Å²) in [5.74, 6) is -1.32. The van der Waals surface area contributed by atoms with Gasteiger partial charge >= 0.3 is 53.9 Å². The molecule has 17 aromatic rings. The molecule has 0 atom stereocenters. The van der Waals surface area contributed by atoms with E-state index in [4.69, 9.17) is 75.0 Å². The van der Waals surface area contributed by atoms with Gasteiger partial charge in [-0.05, 0) is 186 Å². The van der Waals surface area contributed by atoms with E-state index in [0.717, 1.165) is 50.4 Å². The van der Waals surface area contributed by atoms with Gasteiger partial charge in [0.25, 0.3) is 17.3 Å². The molecule has 138 heavy (non-hydrogen) atoms. The Morgan fingerprint density at radius 2 is 0.739 bits per heavy atom. The molecule has 0 aliphatic rings. The Bertz CT molecular complexity index is 7180. The number of carbonyl (C=O) groups excluding carboxylic acids is 6. The maximum absolute atomic E-state index is 12.3. The highest BCUT2D eigenvalue weighted by Gasteiger charge is 2.23. The number of oxazole rings is 3. The molecular weight excluding hydrogens is 1810 g/mol. The van der Waals surface area contributed by atoms with Crippen LogP contribution >= 0.6 is 11.6 Å². The van der Waals surface area contributed by atoms with Gasteiger partial charge in [-0.15, -0.1) is 0 Å². The SMILES string of the molecule is CCOC(=O)c1ccc(Cl)c([N+](=O)[O-])c1.CCOC(=O)c1ccc(NC)c(N)c1.CCOC(=O)c1ccc(NC)c([N+](=O)[O-])c1.CCOC(=O)c1ccc2c(c1)nc(N)n2C.CCOC(=O)c1ccc2c(c1)nc(Nc1nc3ccccc3o1)n2C.Cn1c(Nc2nc3ccccc3o2)nc2cc(C(=O)NCCOCCO)ccc21.Cn1c(Nc2nc3ccccc3o2)nc2cc(C(=O)O)ccc21. The van der Waals surface area contributed by atoms with Crippen molar-refractivity contribution in [1.82, 2.24) is 58.5 Å². The minimum Gasteiger partial charge on any atom is -0.478 e. The van der Waals surface area contributed by atoms with Gasteiger partial charge in [0.15, 0.2) is 16.7 Å². The van der Waals surface area contributed by atoms with Gasteiger partial charge in [-0.3, -0.25) is 41.0 Å². The Morgan fingerprint density at radius 3 is 1.12 bits per heavy atom. The number of nitrogens with two attached hydrogens (primary N) is 2. The molecule has 10 aromatic carbocycles. The van der Waals surface area contributed by atoms with E-state index >= 15 is 0 Å². The molecule has 7 aromatic heterocycles. The molecule has 0 spiro atoms. The van der Waals surface area contributed by atoms with E-state index in [9.17, 15) is 53.8 Å². The van der Waals surface area contributed by atoms with Crippen molar-refractivity contribution in [1.29, 1.82) is 0 Å². The number of ether oxygens (including phenoxy) is 6. The van der Waals surface area contributed by atoms with Crippen LogP contribution in [0.3, 0.4) is 0 Å². The first-order valence-electron chi connectivity index (χ1n) is 42.4. The number of nitrogens with zero attached hydrogens (tertiary/aromatic N) is 13. The van der Waals surface area contributed by atoms with Crippen molar-refractivity contribution in [2.75, 3.05) is 112 Å². The Labute approximate surface area is 789 Å². The predicted molar refractivity (Wildman–Crippen MR) is 517 cm³/mol. The number of rotatable bonds is 27. The zero-order valence-corrected chi connectivity index (χ0v) is 77.1. The molecule has 0 saturated heterocycles. The molecule has 7 heterocycles. The number of aromatic nitrogens is 11. The van der Waals surface area contributed by atoms with Crippen LogP contribution < -0.4 is 43.4 Å². The maximum atomic E-state index is 12.3. The second-order valence-corrected chi connectivity index (χ2v) is 29.3. The lowest BCUT2D eigenvalue weighted by Gasteiger charge is -2.06. The number of benzene rings is 10. The monoisotopic (exact) mass is 1910 g/mol. The third-order valence-corrected chi connectivity index (χ3v) is 20.2. The Hall–Kier alpha value is -17.6. The van der Waals surface area contributed by atoms with Crippen LogP contribution in [-0.4, -0.2) is 188 Å². The number of nitrogen functional groups attached to an aromatic ring is 2. The number of hydrogen-bond donors (Lipinski definition) is 10. The minimum atomic E-state index is -0.981. The van der Waals surface area contributed by atoms with Gasteiger partial charge in [-0.2, -0.15) is 15.0 Å². The molecule has 0 unspecified atom stereocenters. The summed E-state index contributed by atoms with van der Waals surface area (Å²) in [5, 5.41) is 56.6. The highest BCUT2D eigenvalue weighted by molar-refractivity contribution is 6.32. The number of nitro benzene ring substituents is 2. The van der Waals surface area contributed by atoms with E-state index in [1.807, 2.05) is 133 Å². The fraction of sp³-hybridized carbons (Fsp3) is 0.213. The highest BCUT2D eigenvalue weighted by Crippen LogP contribution is 2.32. The maximum Gasteiger partial charge on any atom is 0.338 e. The molecule has 716 valence electrons. The van der Waals surface area contributed by atoms with E-state index in [2.05, 4.69) is 66.8 Å². The molecule has 0 radical (unpaired) electrons. The van der Waals surface area contributed by atoms with Crippen LogP contribution in [0.4, 0.5) is 70.3 Å². The number of nitro groups is 2. The molecule has 0 fully saturated rings. The number of nitrogens with one attached hydrogen (secondary N) is 6. The second-order valence-electron chi connectivity index (χ2n) is 28.9. The molecule has 0 bridgehead atoms. The van der Waals surface area contributed by atoms with Crippen molar-refractivity contribution in [2.45, 2.75) is 34.6 Å². The van der Waals surface area contributed by atoms with Gasteiger partial charge in [0.1, 0.15) is 27.3 Å². The van der Waals surface area contributed by atoms with E-state index in [0.29, 0.717) is 147 Å². The van der Waals surface area contributed by atoms with Crippen LogP contribution in [0.25, 0.3) is 77.4 Å². The molecule has 0 aliphatic carbocycles. The molecule has 0 saturated carbocycles. The summed E-state index contributed by atoms with van der Waals surface area (Å²) in [6.45, 7) is 11.1. The Morgan fingerprint density at radius 1 is 0.406 bits per heavy atom. The number of para-hydroxylation sites is 6. The number of hydrogen-bond acceptors (Lipinski definition) is 35. The lowest BCUT2D eigenvalue weighted by Crippen LogP contribution is -2.27. The van der Waals surface area contributed by atoms with Crippen LogP contribution in [0, 0.1) is 20.2 Å². The van der Waals surface area contributed by atoms with Gasteiger partial charge in [0, 0.05) is 66.5 Å². The van der Waals surface area contributed by atoms with Gasteiger partial charge in [-0.1, -0.05) is 48.0 Å². The summed E-state index contributed by atoms with van der Waals surface area (Å²) in [7, 11) is 10.8. The quantitative estimate of drug-likeness (QED) is 0.00571. The Balaban J connectivity index is 0.000000157. The number of aliphatic hydroxyl groups excluding tert-OH is 1. The number of halogens is 1. The first-order chi connectivity index (χ1) is 66.4. The number of amides is 1. The third kappa shape index (κ3) is 25.6. The molecule has 17 rings (SSSR count). The smallest absolute Gasteiger partial charge is 0.338 e. The number of fused-ring (bicyclic) bond motifs is 7. The molecule has 12 N–H and O–H groups in total. The molecule has 43 nitrogen and oxygen atoms in total. The number of aromatic carboxylic acids is 1. The van der Waals surface area contributed by atoms with Crippen LogP contribution in [0.5, 0.6) is 0 Å². The van der Waals surface area contributed by atoms with Gasteiger partial charge in [-0.25, -0.2) is 48.7 Å².